The van der Waals surface area contributed by atoms with Crippen LogP contribution in [0.2, 0.25) is 0 Å². The number of carbonyl (C=O) groups excluding carboxylic acids is 1. The minimum Gasteiger partial charge on any atom is -0.326 e. The molecule has 1 aromatic carbocycles. The van der Waals surface area contributed by atoms with Gasteiger partial charge in [-0.1, -0.05) is 18.2 Å². The smallest absolute Gasteiger partial charge is 0.227 e. The maximum absolute atomic E-state index is 12.2. The van der Waals surface area contributed by atoms with Crippen molar-refractivity contribution in [2.75, 3.05) is 11.4 Å². The van der Waals surface area contributed by atoms with E-state index in [-0.39, 0.29) is 11.9 Å². The molecule has 90 valence electrons. The van der Waals surface area contributed by atoms with E-state index in [0.29, 0.717) is 18.9 Å². The highest BCUT2D eigenvalue weighted by Gasteiger charge is 2.31. The summed E-state index contributed by atoms with van der Waals surface area (Å²) in [5.74, 6) is 0.878. The van der Waals surface area contributed by atoms with Crippen LogP contribution in [-0.2, 0) is 11.2 Å². The summed E-state index contributed by atoms with van der Waals surface area (Å²) in [5.41, 5.74) is 8.30. The average Bonchev–Trinajstić information content (AvgIpc) is 3.11. The summed E-state index contributed by atoms with van der Waals surface area (Å²) < 4.78 is 0. The molecule has 0 aromatic heterocycles. The fourth-order valence-corrected chi connectivity index (χ4v) is 2.54. The molecule has 3 rings (SSSR count). The minimum absolute atomic E-state index is 0.0769. The molecule has 1 aliphatic heterocycles. The Morgan fingerprint density at radius 3 is 2.88 bits per heavy atom. The Labute approximate surface area is 102 Å². The quantitative estimate of drug-likeness (QED) is 0.840. The van der Waals surface area contributed by atoms with Gasteiger partial charge in [-0.25, -0.2) is 0 Å². The number of fused-ring (bicyclic) bond motifs is 1. The number of hydrogen-bond acceptors (Lipinski definition) is 2. The average molecular weight is 230 g/mol. The van der Waals surface area contributed by atoms with Crippen molar-refractivity contribution in [1.29, 1.82) is 0 Å². The normalized spacial score (nSPS) is 23.4. The second kappa shape index (κ2) is 4.15. The van der Waals surface area contributed by atoms with Crippen LogP contribution in [0.4, 0.5) is 5.69 Å². The van der Waals surface area contributed by atoms with E-state index in [0.717, 1.165) is 12.1 Å². The summed E-state index contributed by atoms with van der Waals surface area (Å²) in [6.45, 7) is 0.669. The first-order valence-corrected chi connectivity index (χ1v) is 6.38. The predicted molar refractivity (Wildman–Crippen MR) is 67.8 cm³/mol. The van der Waals surface area contributed by atoms with Crippen molar-refractivity contribution in [1.82, 2.24) is 0 Å². The van der Waals surface area contributed by atoms with Gasteiger partial charge in [0.2, 0.25) is 5.91 Å². The Kier molecular flexibility index (Phi) is 2.63. The molecule has 3 heteroatoms. The third-order valence-corrected chi connectivity index (χ3v) is 3.64. The number of benzene rings is 1. The highest BCUT2D eigenvalue weighted by molar-refractivity contribution is 5.95. The van der Waals surface area contributed by atoms with Gasteiger partial charge in [-0.2, -0.15) is 0 Å². The number of amides is 1. The van der Waals surface area contributed by atoms with E-state index < -0.39 is 0 Å². The van der Waals surface area contributed by atoms with Crippen LogP contribution < -0.4 is 10.6 Å². The molecule has 3 nitrogen and oxygen atoms in total. The molecule has 1 heterocycles. The maximum Gasteiger partial charge on any atom is 0.227 e. The molecule has 0 radical (unpaired) electrons. The molecule has 1 saturated carbocycles. The van der Waals surface area contributed by atoms with Crippen LogP contribution in [-0.4, -0.2) is 18.5 Å². The number of nitrogens with two attached hydrogens (primary N) is 1. The number of anilines is 1. The molecule has 1 fully saturated rings. The summed E-state index contributed by atoms with van der Waals surface area (Å²) in [6, 6.07) is 8.19. The molecular weight excluding hydrogens is 212 g/mol. The van der Waals surface area contributed by atoms with Gasteiger partial charge < -0.3 is 10.6 Å². The SMILES string of the molecule is NC1Cc2ccccc2N(C(=O)CC2CC2)C1. The Bertz CT molecular complexity index is 440. The highest BCUT2D eigenvalue weighted by atomic mass is 16.2. The van der Waals surface area contributed by atoms with Crippen LogP contribution in [0.15, 0.2) is 24.3 Å². The molecule has 17 heavy (non-hydrogen) atoms. The number of rotatable bonds is 2. The Balaban J connectivity index is 1.85. The zero-order valence-corrected chi connectivity index (χ0v) is 9.93. The number of para-hydroxylation sites is 1. The Hall–Kier alpha value is -1.35. The third-order valence-electron chi connectivity index (χ3n) is 3.64. The Morgan fingerprint density at radius 2 is 2.12 bits per heavy atom. The topological polar surface area (TPSA) is 46.3 Å². The first-order chi connectivity index (χ1) is 8.24. The van der Waals surface area contributed by atoms with Crippen molar-refractivity contribution in [3.8, 4) is 0 Å². The second-order valence-corrected chi connectivity index (χ2v) is 5.24. The summed E-state index contributed by atoms with van der Waals surface area (Å²) >= 11 is 0. The summed E-state index contributed by atoms with van der Waals surface area (Å²) in [4.78, 5) is 14.1. The lowest BCUT2D eigenvalue weighted by molar-refractivity contribution is -0.119. The predicted octanol–water partition coefficient (Wildman–Crippen LogP) is 1.70. The van der Waals surface area contributed by atoms with Crippen molar-refractivity contribution >= 4 is 11.6 Å². The molecule has 2 aliphatic rings. The molecule has 1 aromatic rings. The van der Waals surface area contributed by atoms with Gasteiger partial charge in [0.05, 0.1) is 0 Å². The van der Waals surface area contributed by atoms with Gasteiger partial charge in [0.25, 0.3) is 0 Å². The molecule has 1 amide bonds. The van der Waals surface area contributed by atoms with E-state index in [1.54, 1.807) is 0 Å². The fraction of sp³-hybridized carbons (Fsp3) is 0.500. The molecular formula is C14H18N2O. The van der Waals surface area contributed by atoms with Crippen molar-refractivity contribution in [3.05, 3.63) is 29.8 Å². The van der Waals surface area contributed by atoms with Gasteiger partial charge in [-0.05, 0) is 36.8 Å². The van der Waals surface area contributed by atoms with Crippen LogP contribution in [0.1, 0.15) is 24.8 Å². The van der Waals surface area contributed by atoms with Gasteiger partial charge in [0, 0.05) is 24.7 Å². The van der Waals surface area contributed by atoms with Gasteiger partial charge in [-0.3, -0.25) is 4.79 Å². The van der Waals surface area contributed by atoms with Crippen LogP contribution in [0, 0.1) is 5.92 Å². The van der Waals surface area contributed by atoms with Gasteiger partial charge in [0.1, 0.15) is 0 Å². The summed E-state index contributed by atoms with van der Waals surface area (Å²) in [6.07, 6.45) is 4.00. The van der Waals surface area contributed by atoms with E-state index in [1.807, 2.05) is 23.1 Å². The number of carbonyl (C=O) groups is 1. The van der Waals surface area contributed by atoms with Crippen LogP contribution >= 0.6 is 0 Å². The van der Waals surface area contributed by atoms with E-state index >= 15 is 0 Å². The number of nitrogens with zero attached hydrogens (tertiary/aromatic N) is 1. The molecule has 0 saturated heterocycles. The van der Waals surface area contributed by atoms with E-state index in [4.69, 9.17) is 5.73 Å². The molecule has 1 aliphatic carbocycles. The molecule has 0 bridgehead atoms. The standard InChI is InChI=1S/C14H18N2O/c15-12-8-11-3-1-2-4-13(11)16(9-12)14(17)7-10-5-6-10/h1-4,10,12H,5-9,15H2. The van der Waals surface area contributed by atoms with Crippen molar-refractivity contribution < 1.29 is 4.79 Å². The molecule has 1 unspecified atom stereocenters. The fourth-order valence-electron chi connectivity index (χ4n) is 2.54. The van der Waals surface area contributed by atoms with Crippen LogP contribution in [0.3, 0.4) is 0 Å². The number of hydrogen-bond donors (Lipinski definition) is 1. The lowest BCUT2D eigenvalue weighted by Crippen LogP contribution is -2.46. The maximum atomic E-state index is 12.2. The Morgan fingerprint density at radius 1 is 1.35 bits per heavy atom. The van der Waals surface area contributed by atoms with Crippen molar-refractivity contribution in [2.45, 2.75) is 31.7 Å². The first kappa shape index (κ1) is 10.8. The zero-order valence-electron chi connectivity index (χ0n) is 9.93. The van der Waals surface area contributed by atoms with Gasteiger partial charge in [0.15, 0.2) is 0 Å². The molecule has 1 atom stereocenters. The van der Waals surface area contributed by atoms with Gasteiger partial charge >= 0.3 is 0 Å². The highest BCUT2D eigenvalue weighted by Crippen LogP contribution is 2.35. The van der Waals surface area contributed by atoms with Crippen LogP contribution in [0.5, 0.6) is 0 Å². The zero-order chi connectivity index (χ0) is 11.8. The minimum atomic E-state index is 0.0769. The largest absolute Gasteiger partial charge is 0.326 e. The monoisotopic (exact) mass is 230 g/mol. The molecule has 0 spiro atoms. The van der Waals surface area contributed by atoms with E-state index in [2.05, 4.69) is 6.07 Å². The van der Waals surface area contributed by atoms with Gasteiger partial charge in [-0.15, -0.1) is 0 Å². The van der Waals surface area contributed by atoms with Crippen molar-refractivity contribution in [2.24, 2.45) is 11.7 Å². The molecule has 2 N–H and O–H groups in total. The summed E-state index contributed by atoms with van der Waals surface area (Å²) in [7, 11) is 0. The van der Waals surface area contributed by atoms with E-state index in [1.165, 1.54) is 18.4 Å². The second-order valence-electron chi connectivity index (χ2n) is 5.24. The van der Waals surface area contributed by atoms with Crippen LogP contribution in [0.25, 0.3) is 0 Å². The summed E-state index contributed by atoms with van der Waals surface area (Å²) in [5, 5.41) is 0. The third kappa shape index (κ3) is 2.20. The lowest BCUT2D eigenvalue weighted by atomic mass is 9.98. The first-order valence-electron chi connectivity index (χ1n) is 6.38. The van der Waals surface area contributed by atoms with E-state index in [9.17, 15) is 4.79 Å². The lowest BCUT2D eigenvalue weighted by Gasteiger charge is -2.33. The van der Waals surface area contributed by atoms with Crippen molar-refractivity contribution in [3.63, 3.8) is 0 Å².